The highest BCUT2D eigenvalue weighted by Crippen LogP contribution is 2.29. The molecule has 0 heterocycles. The molecule has 0 spiro atoms. The van der Waals surface area contributed by atoms with Gasteiger partial charge >= 0.3 is 0 Å². The first kappa shape index (κ1) is 14.5. The first-order valence-electron chi connectivity index (χ1n) is 5.72. The number of rotatable bonds is 4. The van der Waals surface area contributed by atoms with Gasteiger partial charge in [0.1, 0.15) is 0 Å². The van der Waals surface area contributed by atoms with Gasteiger partial charge in [-0.05, 0) is 23.3 Å². The van der Waals surface area contributed by atoms with E-state index in [4.69, 9.17) is 28.9 Å². The third-order valence-corrected chi connectivity index (χ3v) is 5.09. The SMILES string of the molecule is NCc1ccccc1CS(=O)c1c(Cl)cccc1Cl. The fourth-order valence-corrected chi connectivity index (χ4v) is 4.00. The van der Waals surface area contributed by atoms with Crippen molar-refractivity contribution < 1.29 is 4.21 Å². The van der Waals surface area contributed by atoms with Crippen LogP contribution in [0.15, 0.2) is 47.4 Å². The van der Waals surface area contributed by atoms with Gasteiger partial charge in [-0.1, -0.05) is 53.5 Å². The second-order valence-electron chi connectivity index (χ2n) is 4.01. The minimum Gasteiger partial charge on any atom is -0.326 e. The topological polar surface area (TPSA) is 43.1 Å². The average Bonchev–Trinajstić information content (AvgIpc) is 2.39. The van der Waals surface area contributed by atoms with E-state index in [0.29, 0.717) is 27.2 Å². The molecule has 0 aliphatic carbocycles. The van der Waals surface area contributed by atoms with Crippen molar-refractivity contribution in [3.63, 3.8) is 0 Å². The van der Waals surface area contributed by atoms with Crippen LogP contribution in [0.1, 0.15) is 11.1 Å². The van der Waals surface area contributed by atoms with Crippen molar-refractivity contribution in [1.29, 1.82) is 0 Å². The summed E-state index contributed by atoms with van der Waals surface area (Å²) in [7, 11) is -1.29. The molecule has 2 N–H and O–H groups in total. The Morgan fingerprint density at radius 1 is 0.947 bits per heavy atom. The summed E-state index contributed by atoms with van der Waals surface area (Å²) in [6.07, 6.45) is 0. The molecule has 2 aromatic carbocycles. The zero-order valence-corrected chi connectivity index (χ0v) is 12.4. The van der Waals surface area contributed by atoms with Crippen molar-refractivity contribution in [3.05, 3.63) is 63.6 Å². The number of hydrogen-bond acceptors (Lipinski definition) is 2. The molecule has 100 valence electrons. The molecule has 0 aromatic heterocycles. The van der Waals surface area contributed by atoms with Crippen LogP contribution in [0.2, 0.25) is 10.0 Å². The van der Waals surface area contributed by atoms with Gasteiger partial charge < -0.3 is 5.73 Å². The van der Waals surface area contributed by atoms with Gasteiger partial charge in [0, 0.05) is 6.54 Å². The van der Waals surface area contributed by atoms with Crippen LogP contribution in [-0.4, -0.2) is 4.21 Å². The molecule has 2 nitrogen and oxygen atoms in total. The van der Waals surface area contributed by atoms with Gasteiger partial charge in [0.15, 0.2) is 0 Å². The largest absolute Gasteiger partial charge is 0.326 e. The maximum absolute atomic E-state index is 12.4. The zero-order valence-electron chi connectivity index (χ0n) is 10.1. The summed E-state index contributed by atoms with van der Waals surface area (Å²) in [4.78, 5) is 0.484. The second kappa shape index (κ2) is 6.53. The van der Waals surface area contributed by atoms with Crippen molar-refractivity contribution >= 4 is 34.0 Å². The van der Waals surface area contributed by atoms with Crippen LogP contribution in [0.3, 0.4) is 0 Å². The molecule has 0 radical (unpaired) electrons. The molecule has 0 saturated carbocycles. The van der Waals surface area contributed by atoms with E-state index >= 15 is 0 Å². The predicted octanol–water partition coefficient (Wildman–Crippen LogP) is 3.76. The Hall–Kier alpha value is -0.870. The monoisotopic (exact) mass is 313 g/mol. The molecule has 2 aromatic rings. The summed E-state index contributed by atoms with van der Waals surface area (Å²) in [5, 5.41) is 0.854. The third kappa shape index (κ3) is 3.37. The van der Waals surface area contributed by atoms with Crippen LogP contribution < -0.4 is 5.73 Å². The normalized spacial score (nSPS) is 12.4. The first-order valence-corrected chi connectivity index (χ1v) is 7.80. The second-order valence-corrected chi connectivity index (χ2v) is 6.22. The van der Waals surface area contributed by atoms with Gasteiger partial charge in [-0.2, -0.15) is 0 Å². The molecular formula is C14H13Cl2NOS. The summed E-state index contributed by atoms with van der Waals surface area (Å²) in [5.41, 5.74) is 7.62. The molecule has 0 saturated heterocycles. The van der Waals surface area contributed by atoms with E-state index in [1.54, 1.807) is 18.2 Å². The molecular weight excluding hydrogens is 301 g/mol. The zero-order chi connectivity index (χ0) is 13.8. The highest BCUT2D eigenvalue weighted by atomic mass is 35.5. The molecule has 0 aliphatic heterocycles. The predicted molar refractivity (Wildman–Crippen MR) is 80.9 cm³/mol. The summed E-state index contributed by atoms with van der Waals surface area (Å²) >= 11 is 12.1. The van der Waals surface area contributed by atoms with Gasteiger partial charge in [0.25, 0.3) is 0 Å². The minimum atomic E-state index is -1.29. The Morgan fingerprint density at radius 2 is 1.53 bits per heavy atom. The molecule has 0 bridgehead atoms. The Labute approximate surface area is 125 Å². The van der Waals surface area contributed by atoms with Crippen molar-refractivity contribution in [2.45, 2.75) is 17.2 Å². The van der Waals surface area contributed by atoms with Crippen LogP contribution >= 0.6 is 23.2 Å². The summed E-state index contributed by atoms with van der Waals surface area (Å²) in [5.74, 6) is 0.358. The summed E-state index contributed by atoms with van der Waals surface area (Å²) in [6.45, 7) is 0.420. The van der Waals surface area contributed by atoms with Crippen LogP contribution in [0.4, 0.5) is 0 Å². The number of benzene rings is 2. The van der Waals surface area contributed by atoms with Gasteiger partial charge in [0.05, 0.1) is 31.5 Å². The standard InChI is InChI=1S/C14H13Cl2NOS/c15-12-6-3-7-13(16)14(12)19(18)9-11-5-2-1-4-10(11)8-17/h1-7H,8-9,17H2. The molecule has 0 fully saturated rings. The maximum Gasteiger partial charge on any atom is 0.0763 e. The lowest BCUT2D eigenvalue weighted by atomic mass is 10.1. The van der Waals surface area contributed by atoms with Crippen LogP contribution in [0.25, 0.3) is 0 Å². The lowest BCUT2D eigenvalue weighted by Crippen LogP contribution is -2.05. The van der Waals surface area contributed by atoms with E-state index in [9.17, 15) is 4.21 Å². The number of halogens is 2. The molecule has 1 atom stereocenters. The molecule has 2 rings (SSSR count). The molecule has 0 aliphatic rings. The summed E-state index contributed by atoms with van der Waals surface area (Å²) < 4.78 is 12.4. The van der Waals surface area contributed by atoms with Crippen molar-refractivity contribution in [3.8, 4) is 0 Å². The number of hydrogen-bond donors (Lipinski definition) is 1. The van der Waals surface area contributed by atoms with Crippen molar-refractivity contribution in [2.24, 2.45) is 5.73 Å². The van der Waals surface area contributed by atoms with E-state index in [2.05, 4.69) is 0 Å². The quantitative estimate of drug-likeness (QED) is 0.934. The Morgan fingerprint density at radius 3 is 2.11 bits per heavy atom. The Kier molecular flexibility index (Phi) is 4.99. The van der Waals surface area contributed by atoms with Crippen LogP contribution in [-0.2, 0) is 23.1 Å². The highest BCUT2D eigenvalue weighted by Gasteiger charge is 2.14. The average molecular weight is 314 g/mol. The van der Waals surface area contributed by atoms with Gasteiger partial charge in [-0.25, -0.2) is 0 Å². The van der Waals surface area contributed by atoms with Crippen molar-refractivity contribution in [2.75, 3.05) is 0 Å². The van der Waals surface area contributed by atoms with E-state index in [-0.39, 0.29) is 0 Å². The fraction of sp³-hybridized carbons (Fsp3) is 0.143. The maximum atomic E-state index is 12.4. The molecule has 19 heavy (non-hydrogen) atoms. The van der Waals surface area contributed by atoms with Crippen LogP contribution in [0, 0.1) is 0 Å². The van der Waals surface area contributed by atoms with E-state index in [1.165, 1.54) is 0 Å². The lowest BCUT2D eigenvalue weighted by molar-refractivity contribution is 0.682. The highest BCUT2D eigenvalue weighted by molar-refractivity contribution is 7.84. The Balaban J connectivity index is 2.31. The van der Waals surface area contributed by atoms with Gasteiger partial charge in [-0.3, -0.25) is 4.21 Å². The van der Waals surface area contributed by atoms with Crippen LogP contribution in [0.5, 0.6) is 0 Å². The van der Waals surface area contributed by atoms with Gasteiger partial charge in [-0.15, -0.1) is 0 Å². The minimum absolute atomic E-state index is 0.358. The van der Waals surface area contributed by atoms with Crippen molar-refractivity contribution in [1.82, 2.24) is 0 Å². The first-order chi connectivity index (χ1) is 9.13. The van der Waals surface area contributed by atoms with E-state index < -0.39 is 10.8 Å². The molecule has 1 unspecified atom stereocenters. The molecule has 0 amide bonds. The number of nitrogens with two attached hydrogens (primary N) is 1. The van der Waals surface area contributed by atoms with E-state index in [1.807, 2.05) is 24.3 Å². The smallest absolute Gasteiger partial charge is 0.0763 e. The van der Waals surface area contributed by atoms with E-state index in [0.717, 1.165) is 11.1 Å². The fourth-order valence-electron chi connectivity index (χ4n) is 1.81. The molecule has 5 heteroatoms. The Bertz CT molecular complexity index is 596. The van der Waals surface area contributed by atoms with Gasteiger partial charge in [0.2, 0.25) is 0 Å². The third-order valence-electron chi connectivity index (χ3n) is 2.77. The summed E-state index contributed by atoms with van der Waals surface area (Å²) in [6, 6.07) is 12.8. The lowest BCUT2D eigenvalue weighted by Gasteiger charge is -2.09.